The molecule has 0 atom stereocenters. The molecule has 74 valence electrons. The molecule has 0 saturated heterocycles. The first kappa shape index (κ1) is 9.60. The molecule has 1 aromatic carbocycles. The summed E-state index contributed by atoms with van der Waals surface area (Å²) in [6, 6.07) is 3.84. The highest BCUT2D eigenvalue weighted by molar-refractivity contribution is 6.31. The van der Waals surface area contributed by atoms with Gasteiger partial charge in [-0.25, -0.2) is 0 Å². The molecule has 0 radical (unpaired) electrons. The third kappa shape index (κ3) is 1.24. The van der Waals surface area contributed by atoms with Gasteiger partial charge >= 0.3 is 0 Å². The molecule has 0 amide bonds. The molecule has 0 aliphatic heterocycles. The first-order valence-electron chi connectivity index (χ1n) is 4.67. The largest absolute Gasteiger partial charge is 0.496 e. The highest BCUT2D eigenvalue weighted by atomic mass is 35.5. The average Bonchev–Trinajstić information content (AvgIpc) is 2.47. The third-order valence-corrected chi connectivity index (χ3v) is 3.25. The molecule has 0 fully saturated rings. The summed E-state index contributed by atoms with van der Waals surface area (Å²) >= 11 is 6.15. The lowest BCUT2D eigenvalue weighted by Gasteiger charge is -2.09. The van der Waals surface area contributed by atoms with Crippen LogP contribution in [0.1, 0.15) is 25.0 Å². The van der Waals surface area contributed by atoms with E-state index in [2.05, 4.69) is 13.8 Å². The van der Waals surface area contributed by atoms with Gasteiger partial charge < -0.3 is 4.74 Å². The van der Waals surface area contributed by atoms with Gasteiger partial charge in [-0.1, -0.05) is 17.2 Å². The fourth-order valence-corrected chi connectivity index (χ4v) is 2.19. The van der Waals surface area contributed by atoms with E-state index in [1.807, 2.05) is 12.1 Å². The highest BCUT2D eigenvalue weighted by Gasteiger charge is 2.21. The van der Waals surface area contributed by atoms with Gasteiger partial charge in [0.1, 0.15) is 5.75 Å². The van der Waals surface area contributed by atoms with Crippen molar-refractivity contribution >= 4 is 17.2 Å². The zero-order valence-electron chi connectivity index (χ0n) is 8.65. The Kier molecular flexibility index (Phi) is 2.28. The molecule has 2 heteroatoms. The van der Waals surface area contributed by atoms with E-state index < -0.39 is 0 Å². The Hall–Kier alpha value is -0.950. The highest BCUT2D eigenvalue weighted by Crippen LogP contribution is 2.41. The average molecular weight is 209 g/mol. The Morgan fingerprint density at radius 3 is 2.64 bits per heavy atom. The van der Waals surface area contributed by atoms with Crippen LogP contribution in [0.5, 0.6) is 5.75 Å². The number of allylic oxidation sites excluding steroid dienone is 2. The van der Waals surface area contributed by atoms with Crippen molar-refractivity contribution in [2.45, 2.75) is 20.3 Å². The molecule has 0 unspecified atom stereocenters. The maximum Gasteiger partial charge on any atom is 0.126 e. The minimum atomic E-state index is 0.844. The smallest absolute Gasteiger partial charge is 0.126 e. The molecule has 1 aliphatic carbocycles. The Morgan fingerprint density at radius 1 is 1.29 bits per heavy atom. The zero-order valence-corrected chi connectivity index (χ0v) is 9.40. The van der Waals surface area contributed by atoms with Gasteiger partial charge in [-0.2, -0.15) is 0 Å². The van der Waals surface area contributed by atoms with Crippen molar-refractivity contribution in [2.24, 2.45) is 0 Å². The predicted molar refractivity (Wildman–Crippen MR) is 60.0 cm³/mol. The monoisotopic (exact) mass is 208 g/mol. The Bertz CT molecular complexity index is 419. The Balaban J connectivity index is 2.68. The minimum absolute atomic E-state index is 0.844. The summed E-state index contributed by atoms with van der Waals surface area (Å²) in [5, 5.41) is 0.844. The van der Waals surface area contributed by atoms with E-state index in [9.17, 15) is 0 Å². The number of rotatable bonds is 1. The number of halogens is 1. The Labute approximate surface area is 89.3 Å². The molecular weight excluding hydrogens is 196 g/mol. The Morgan fingerprint density at radius 2 is 2.00 bits per heavy atom. The van der Waals surface area contributed by atoms with Crippen molar-refractivity contribution in [3.63, 3.8) is 0 Å². The molecule has 1 aromatic rings. The van der Waals surface area contributed by atoms with Crippen LogP contribution in [0.25, 0.3) is 5.57 Å². The second kappa shape index (κ2) is 3.32. The van der Waals surface area contributed by atoms with Crippen LogP contribution in [-0.4, -0.2) is 7.11 Å². The van der Waals surface area contributed by atoms with Gasteiger partial charge in [0.15, 0.2) is 0 Å². The van der Waals surface area contributed by atoms with E-state index in [4.69, 9.17) is 16.3 Å². The van der Waals surface area contributed by atoms with Crippen molar-refractivity contribution in [3.05, 3.63) is 33.9 Å². The summed E-state index contributed by atoms with van der Waals surface area (Å²) in [6.07, 6.45) is 0.956. The lowest BCUT2D eigenvalue weighted by Crippen LogP contribution is -1.91. The van der Waals surface area contributed by atoms with E-state index in [1.165, 1.54) is 22.3 Å². The summed E-state index contributed by atoms with van der Waals surface area (Å²) in [5.74, 6) is 0.929. The first-order valence-corrected chi connectivity index (χ1v) is 5.05. The maximum absolute atomic E-state index is 6.15. The lowest BCUT2D eigenvalue weighted by molar-refractivity contribution is 0.413. The van der Waals surface area contributed by atoms with Gasteiger partial charge in [0.05, 0.1) is 7.11 Å². The van der Waals surface area contributed by atoms with Crippen LogP contribution in [0.3, 0.4) is 0 Å². The fraction of sp³-hybridized carbons (Fsp3) is 0.333. The van der Waals surface area contributed by atoms with Crippen LogP contribution >= 0.6 is 11.6 Å². The van der Waals surface area contributed by atoms with Gasteiger partial charge in [-0.15, -0.1) is 0 Å². The van der Waals surface area contributed by atoms with Crippen molar-refractivity contribution in [1.82, 2.24) is 0 Å². The quantitative estimate of drug-likeness (QED) is 0.684. The van der Waals surface area contributed by atoms with E-state index in [0.717, 1.165) is 17.2 Å². The first-order chi connectivity index (χ1) is 6.65. The topological polar surface area (TPSA) is 9.23 Å². The van der Waals surface area contributed by atoms with E-state index in [0.29, 0.717) is 0 Å². The van der Waals surface area contributed by atoms with Crippen LogP contribution in [0, 0.1) is 0 Å². The van der Waals surface area contributed by atoms with Gasteiger partial charge in [0.25, 0.3) is 0 Å². The van der Waals surface area contributed by atoms with E-state index >= 15 is 0 Å². The molecule has 0 aromatic heterocycles. The summed E-state index contributed by atoms with van der Waals surface area (Å²) in [4.78, 5) is 0. The molecule has 1 aliphatic rings. The SMILES string of the molecule is COc1ccc(Cl)c2c1C(C)=C(C)C2. The van der Waals surface area contributed by atoms with Crippen molar-refractivity contribution in [3.8, 4) is 5.75 Å². The van der Waals surface area contributed by atoms with Crippen LogP contribution in [0.4, 0.5) is 0 Å². The number of ether oxygens (including phenoxy) is 1. The maximum atomic E-state index is 6.15. The molecule has 1 nitrogen and oxygen atoms in total. The predicted octanol–water partition coefficient (Wildman–Crippen LogP) is 3.70. The van der Waals surface area contributed by atoms with Gasteiger partial charge in [-0.3, -0.25) is 0 Å². The second-order valence-electron chi connectivity index (χ2n) is 3.69. The molecule has 0 heterocycles. The van der Waals surface area contributed by atoms with E-state index in [-0.39, 0.29) is 0 Å². The number of methoxy groups -OCH3 is 1. The molecule has 0 saturated carbocycles. The fourth-order valence-electron chi connectivity index (χ4n) is 1.97. The van der Waals surface area contributed by atoms with Crippen molar-refractivity contribution in [1.29, 1.82) is 0 Å². The normalized spacial score (nSPS) is 14.6. The second-order valence-corrected chi connectivity index (χ2v) is 4.09. The van der Waals surface area contributed by atoms with Gasteiger partial charge in [0, 0.05) is 10.6 Å². The summed E-state index contributed by atoms with van der Waals surface area (Å²) < 4.78 is 5.34. The molecule has 0 N–H and O–H groups in total. The standard InChI is InChI=1S/C12H13ClO/c1-7-6-9-10(13)4-5-11(14-3)12(9)8(7)2/h4-5H,6H2,1-3H3. The zero-order chi connectivity index (χ0) is 10.3. The number of hydrogen-bond acceptors (Lipinski definition) is 1. The molecule has 2 rings (SSSR count). The third-order valence-electron chi connectivity index (χ3n) is 2.89. The van der Waals surface area contributed by atoms with Crippen LogP contribution in [-0.2, 0) is 6.42 Å². The van der Waals surface area contributed by atoms with Gasteiger partial charge in [-0.05, 0) is 43.5 Å². The van der Waals surface area contributed by atoms with Crippen LogP contribution in [0.15, 0.2) is 17.7 Å². The number of fused-ring (bicyclic) bond motifs is 1. The summed E-state index contributed by atoms with van der Waals surface area (Å²) in [5.41, 5.74) is 5.09. The molecule has 14 heavy (non-hydrogen) atoms. The molecular formula is C12H13ClO. The molecule has 0 bridgehead atoms. The van der Waals surface area contributed by atoms with Crippen molar-refractivity contribution in [2.75, 3.05) is 7.11 Å². The van der Waals surface area contributed by atoms with E-state index in [1.54, 1.807) is 7.11 Å². The summed E-state index contributed by atoms with van der Waals surface area (Å²) in [6.45, 7) is 4.27. The molecule has 0 spiro atoms. The van der Waals surface area contributed by atoms with Crippen molar-refractivity contribution < 1.29 is 4.74 Å². The minimum Gasteiger partial charge on any atom is -0.496 e. The lowest BCUT2D eigenvalue weighted by atomic mass is 10.1. The number of hydrogen-bond donors (Lipinski definition) is 0. The summed E-state index contributed by atoms with van der Waals surface area (Å²) in [7, 11) is 1.70. The van der Waals surface area contributed by atoms with Gasteiger partial charge in [0.2, 0.25) is 0 Å². The van der Waals surface area contributed by atoms with Crippen LogP contribution < -0.4 is 4.74 Å². The van der Waals surface area contributed by atoms with Crippen LogP contribution in [0.2, 0.25) is 5.02 Å². The number of benzene rings is 1.